The molecule has 0 radical (unpaired) electrons. The van der Waals surface area contributed by atoms with Crippen molar-refractivity contribution in [1.29, 1.82) is 0 Å². The van der Waals surface area contributed by atoms with Gasteiger partial charge in [-0.2, -0.15) is 0 Å². The van der Waals surface area contributed by atoms with Crippen molar-refractivity contribution in [2.75, 3.05) is 24.7 Å². The molecule has 0 aromatic heterocycles. The van der Waals surface area contributed by atoms with Gasteiger partial charge in [0.2, 0.25) is 0 Å². The van der Waals surface area contributed by atoms with E-state index in [1.54, 1.807) is 23.1 Å². The lowest BCUT2D eigenvalue weighted by molar-refractivity contribution is -0.121. The van der Waals surface area contributed by atoms with Crippen LogP contribution in [0.25, 0.3) is 0 Å². The standard InChI is InChI=1S/C17H16FNO3/c1-12-6-7-16-14(10-12)19(17(20)11-22-16)8-9-21-15-5-3-2-4-13(15)18/h2-7,10H,8-9,11H2,1H3. The van der Waals surface area contributed by atoms with Gasteiger partial charge in [0.25, 0.3) is 5.91 Å². The number of benzene rings is 2. The van der Waals surface area contributed by atoms with E-state index in [1.165, 1.54) is 6.07 Å². The van der Waals surface area contributed by atoms with Gasteiger partial charge in [-0.15, -0.1) is 0 Å². The lowest BCUT2D eigenvalue weighted by Crippen LogP contribution is -2.41. The summed E-state index contributed by atoms with van der Waals surface area (Å²) in [7, 11) is 0. The molecule has 0 N–H and O–H groups in total. The van der Waals surface area contributed by atoms with Gasteiger partial charge in [0.05, 0.1) is 12.2 Å². The van der Waals surface area contributed by atoms with Crippen LogP contribution < -0.4 is 14.4 Å². The third kappa shape index (κ3) is 2.88. The number of amides is 1. The fourth-order valence-electron chi connectivity index (χ4n) is 2.37. The van der Waals surface area contributed by atoms with E-state index in [4.69, 9.17) is 9.47 Å². The summed E-state index contributed by atoms with van der Waals surface area (Å²) in [6.07, 6.45) is 0. The summed E-state index contributed by atoms with van der Waals surface area (Å²) in [6, 6.07) is 11.9. The van der Waals surface area contributed by atoms with Crippen LogP contribution in [0, 0.1) is 12.7 Å². The van der Waals surface area contributed by atoms with Crippen molar-refractivity contribution in [3.05, 3.63) is 53.8 Å². The summed E-state index contributed by atoms with van der Waals surface area (Å²) in [4.78, 5) is 13.7. The zero-order valence-electron chi connectivity index (χ0n) is 12.2. The van der Waals surface area contributed by atoms with E-state index in [9.17, 15) is 9.18 Å². The topological polar surface area (TPSA) is 38.8 Å². The highest BCUT2D eigenvalue weighted by Gasteiger charge is 2.25. The number of hydrogen-bond donors (Lipinski definition) is 0. The molecule has 1 aliphatic heterocycles. The average molecular weight is 301 g/mol. The molecule has 1 heterocycles. The number of carbonyl (C=O) groups excluding carboxylic acids is 1. The molecule has 5 heteroatoms. The maximum atomic E-state index is 13.5. The lowest BCUT2D eigenvalue weighted by Gasteiger charge is -2.29. The second-order valence-electron chi connectivity index (χ2n) is 5.08. The molecule has 2 aromatic carbocycles. The SMILES string of the molecule is Cc1ccc2c(c1)N(CCOc1ccccc1F)C(=O)CO2. The number of aryl methyl sites for hydroxylation is 1. The molecule has 1 amide bonds. The first-order chi connectivity index (χ1) is 10.6. The number of rotatable bonds is 4. The Balaban J connectivity index is 1.71. The van der Waals surface area contributed by atoms with Gasteiger partial charge >= 0.3 is 0 Å². The fourth-order valence-corrected chi connectivity index (χ4v) is 2.37. The van der Waals surface area contributed by atoms with Crippen LogP contribution in [0.4, 0.5) is 10.1 Å². The molecule has 0 unspecified atom stereocenters. The van der Waals surface area contributed by atoms with Crippen molar-refractivity contribution < 1.29 is 18.7 Å². The minimum absolute atomic E-state index is 0.00968. The summed E-state index contributed by atoms with van der Waals surface area (Å²) in [6.45, 7) is 2.51. The molecule has 1 aliphatic rings. The number of nitrogens with zero attached hydrogens (tertiary/aromatic N) is 1. The van der Waals surface area contributed by atoms with E-state index < -0.39 is 5.82 Å². The van der Waals surface area contributed by atoms with Crippen LogP contribution >= 0.6 is 0 Å². The van der Waals surface area contributed by atoms with E-state index >= 15 is 0 Å². The highest BCUT2D eigenvalue weighted by Crippen LogP contribution is 2.32. The van der Waals surface area contributed by atoms with Crippen LogP contribution in [0.5, 0.6) is 11.5 Å². The maximum absolute atomic E-state index is 13.5. The minimum Gasteiger partial charge on any atom is -0.489 e. The quantitative estimate of drug-likeness (QED) is 0.871. The largest absolute Gasteiger partial charge is 0.489 e. The first kappa shape index (κ1) is 14.4. The van der Waals surface area contributed by atoms with E-state index in [0.29, 0.717) is 12.3 Å². The molecule has 0 spiro atoms. The van der Waals surface area contributed by atoms with E-state index in [2.05, 4.69) is 0 Å². The van der Waals surface area contributed by atoms with Crippen molar-refractivity contribution in [3.63, 3.8) is 0 Å². The summed E-state index contributed by atoms with van der Waals surface area (Å²) in [5.41, 5.74) is 1.77. The number of hydrogen-bond acceptors (Lipinski definition) is 3. The normalized spacial score (nSPS) is 13.5. The third-order valence-corrected chi connectivity index (χ3v) is 3.47. The molecule has 0 bridgehead atoms. The monoisotopic (exact) mass is 301 g/mol. The van der Waals surface area contributed by atoms with Crippen LogP contribution in [0.1, 0.15) is 5.56 Å². The summed E-state index contributed by atoms with van der Waals surface area (Å²) in [5, 5.41) is 0. The first-order valence-corrected chi connectivity index (χ1v) is 7.06. The third-order valence-electron chi connectivity index (χ3n) is 3.47. The Bertz CT molecular complexity index is 702. The van der Waals surface area contributed by atoms with Gasteiger partial charge < -0.3 is 14.4 Å². The van der Waals surface area contributed by atoms with Gasteiger partial charge in [-0.05, 0) is 36.8 Å². The van der Waals surface area contributed by atoms with Gasteiger partial charge in [-0.1, -0.05) is 18.2 Å². The van der Waals surface area contributed by atoms with Gasteiger partial charge in [0.15, 0.2) is 18.2 Å². The van der Waals surface area contributed by atoms with Crippen molar-refractivity contribution >= 4 is 11.6 Å². The van der Waals surface area contributed by atoms with Crippen LogP contribution in [0.3, 0.4) is 0 Å². The van der Waals surface area contributed by atoms with E-state index in [0.717, 1.165) is 11.3 Å². The zero-order chi connectivity index (χ0) is 15.5. The van der Waals surface area contributed by atoms with Crippen LogP contribution in [0.2, 0.25) is 0 Å². The van der Waals surface area contributed by atoms with Crippen molar-refractivity contribution in [2.24, 2.45) is 0 Å². The molecule has 2 aromatic rings. The van der Waals surface area contributed by atoms with Crippen LogP contribution in [-0.4, -0.2) is 25.7 Å². The summed E-state index contributed by atoms with van der Waals surface area (Å²) < 4.78 is 24.3. The fraction of sp³-hybridized carbons (Fsp3) is 0.235. The van der Waals surface area contributed by atoms with Gasteiger partial charge in [0, 0.05) is 0 Å². The van der Waals surface area contributed by atoms with Crippen molar-refractivity contribution in [1.82, 2.24) is 0 Å². The Morgan fingerprint density at radius 1 is 1.27 bits per heavy atom. The Labute approximate surface area is 128 Å². The van der Waals surface area contributed by atoms with Crippen molar-refractivity contribution in [2.45, 2.75) is 6.92 Å². The molecule has 4 nitrogen and oxygen atoms in total. The molecular formula is C17H16FNO3. The lowest BCUT2D eigenvalue weighted by atomic mass is 10.1. The number of anilines is 1. The first-order valence-electron chi connectivity index (χ1n) is 7.06. The number of carbonyl (C=O) groups is 1. The Morgan fingerprint density at radius 3 is 2.91 bits per heavy atom. The van der Waals surface area contributed by atoms with Gasteiger partial charge in [-0.25, -0.2) is 4.39 Å². The molecule has 114 valence electrons. The van der Waals surface area contributed by atoms with Gasteiger partial charge in [-0.3, -0.25) is 4.79 Å². The summed E-state index contributed by atoms with van der Waals surface area (Å²) >= 11 is 0. The van der Waals surface area contributed by atoms with Crippen molar-refractivity contribution in [3.8, 4) is 11.5 Å². The van der Waals surface area contributed by atoms with Crippen LogP contribution in [0.15, 0.2) is 42.5 Å². The predicted octanol–water partition coefficient (Wildman–Crippen LogP) is 2.94. The number of halogens is 1. The molecule has 22 heavy (non-hydrogen) atoms. The molecule has 0 atom stereocenters. The average Bonchev–Trinajstić information content (AvgIpc) is 2.51. The summed E-state index contributed by atoms with van der Waals surface area (Å²) in [5.74, 6) is 0.325. The predicted molar refractivity (Wildman–Crippen MR) is 80.9 cm³/mol. The van der Waals surface area contributed by atoms with Gasteiger partial charge in [0.1, 0.15) is 12.4 Å². The second kappa shape index (κ2) is 6.05. The molecule has 0 saturated heterocycles. The smallest absolute Gasteiger partial charge is 0.265 e. The Hall–Kier alpha value is -2.56. The number of fused-ring (bicyclic) bond motifs is 1. The molecule has 0 saturated carbocycles. The Morgan fingerprint density at radius 2 is 2.09 bits per heavy atom. The number of para-hydroxylation sites is 1. The van der Waals surface area contributed by atoms with E-state index in [1.807, 2.05) is 25.1 Å². The minimum atomic E-state index is -0.410. The van der Waals surface area contributed by atoms with E-state index in [-0.39, 0.29) is 24.9 Å². The molecule has 3 rings (SSSR count). The van der Waals surface area contributed by atoms with Crippen LogP contribution in [-0.2, 0) is 4.79 Å². The molecule has 0 fully saturated rings. The highest BCUT2D eigenvalue weighted by atomic mass is 19.1. The highest BCUT2D eigenvalue weighted by molar-refractivity contribution is 5.97. The molecular weight excluding hydrogens is 285 g/mol. The number of ether oxygens (including phenoxy) is 2. The maximum Gasteiger partial charge on any atom is 0.265 e. The Kier molecular flexibility index (Phi) is 3.96. The zero-order valence-corrected chi connectivity index (χ0v) is 12.2. The molecule has 0 aliphatic carbocycles. The second-order valence-corrected chi connectivity index (χ2v) is 5.08.